The van der Waals surface area contributed by atoms with Crippen molar-refractivity contribution in [2.75, 3.05) is 0 Å². The zero-order valence-electron chi connectivity index (χ0n) is 7.12. The van der Waals surface area contributed by atoms with E-state index >= 15 is 0 Å². The van der Waals surface area contributed by atoms with Gasteiger partial charge in [0, 0.05) is 0 Å². The van der Waals surface area contributed by atoms with Crippen LogP contribution in [0.5, 0.6) is 0 Å². The molecule has 0 atom stereocenters. The van der Waals surface area contributed by atoms with Crippen LogP contribution in [0.15, 0.2) is 28.4 Å². The summed E-state index contributed by atoms with van der Waals surface area (Å²) in [6, 6.07) is 3.64. The smallest absolute Gasteiger partial charge is 0.146 e. The lowest BCUT2D eigenvalue weighted by Crippen LogP contribution is -1.82. The summed E-state index contributed by atoms with van der Waals surface area (Å²) in [5, 5.41) is 0. The molecule has 0 amide bonds. The molecule has 1 aromatic rings. The van der Waals surface area contributed by atoms with Crippen molar-refractivity contribution in [2.45, 2.75) is 19.8 Å². The maximum atomic E-state index is 10.5. The van der Waals surface area contributed by atoms with E-state index in [0.29, 0.717) is 0 Å². The van der Waals surface area contributed by atoms with Crippen LogP contribution in [0.4, 0.5) is 0 Å². The Kier molecular flexibility index (Phi) is 3.33. The van der Waals surface area contributed by atoms with Gasteiger partial charge in [0.15, 0.2) is 0 Å². The van der Waals surface area contributed by atoms with Crippen LogP contribution < -0.4 is 0 Å². The van der Waals surface area contributed by atoms with Gasteiger partial charge in [-0.25, -0.2) is 0 Å². The van der Waals surface area contributed by atoms with E-state index < -0.39 is 0 Å². The number of hydrogen-bond donors (Lipinski definition) is 0. The number of aldehydes is 1. The van der Waals surface area contributed by atoms with Crippen LogP contribution in [0.25, 0.3) is 6.08 Å². The van der Waals surface area contributed by atoms with E-state index in [-0.39, 0.29) is 0 Å². The fraction of sp³-hybridized carbons (Fsp3) is 0.300. The third kappa shape index (κ3) is 2.38. The van der Waals surface area contributed by atoms with E-state index in [0.717, 1.165) is 30.5 Å². The van der Waals surface area contributed by atoms with Gasteiger partial charge in [0.2, 0.25) is 0 Å². The van der Waals surface area contributed by atoms with Crippen molar-refractivity contribution in [1.82, 2.24) is 0 Å². The third-order valence-electron chi connectivity index (χ3n) is 1.56. The number of carbonyl (C=O) groups excluding carboxylic acids is 1. The fourth-order valence-electron chi connectivity index (χ4n) is 1.01. The molecule has 2 heteroatoms. The summed E-state index contributed by atoms with van der Waals surface area (Å²) in [4.78, 5) is 10.5. The predicted octanol–water partition coefficient (Wildman–Crippen LogP) is 2.66. The molecule has 0 radical (unpaired) electrons. The standard InChI is InChI=1S/C10H12O2/c1-2-4-9(8-11)7-10-5-3-6-12-10/h3,5-8H,2,4H2,1H3. The normalized spacial score (nSPS) is 11.6. The zero-order valence-corrected chi connectivity index (χ0v) is 7.12. The van der Waals surface area contributed by atoms with Crippen LogP contribution in [0.1, 0.15) is 25.5 Å². The van der Waals surface area contributed by atoms with Gasteiger partial charge in [-0.15, -0.1) is 0 Å². The lowest BCUT2D eigenvalue weighted by Gasteiger charge is -1.93. The van der Waals surface area contributed by atoms with Gasteiger partial charge in [-0.1, -0.05) is 13.3 Å². The molecule has 1 heterocycles. The first kappa shape index (κ1) is 8.78. The number of carbonyl (C=O) groups is 1. The molecule has 64 valence electrons. The maximum Gasteiger partial charge on any atom is 0.146 e. The Bertz CT molecular complexity index is 257. The van der Waals surface area contributed by atoms with Gasteiger partial charge in [0.05, 0.1) is 6.26 Å². The second-order valence-corrected chi connectivity index (χ2v) is 2.60. The van der Waals surface area contributed by atoms with E-state index in [1.165, 1.54) is 0 Å². The Labute approximate surface area is 71.9 Å². The third-order valence-corrected chi connectivity index (χ3v) is 1.56. The minimum Gasteiger partial charge on any atom is -0.465 e. The van der Waals surface area contributed by atoms with Crippen molar-refractivity contribution in [1.29, 1.82) is 0 Å². The van der Waals surface area contributed by atoms with Crippen LogP contribution in [0, 0.1) is 0 Å². The molecular formula is C10H12O2. The average molecular weight is 164 g/mol. The quantitative estimate of drug-likeness (QED) is 0.506. The van der Waals surface area contributed by atoms with E-state index in [9.17, 15) is 4.79 Å². The van der Waals surface area contributed by atoms with Crippen molar-refractivity contribution < 1.29 is 9.21 Å². The minimum absolute atomic E-state index is 0.741. The van der Waals surface area contributed by atoms with Crippen molar-refractivity contribution in [3.63, 3.8) is 0 Å². The van der Waals surface area contributed by atoms with E-state index in [2.05, 4.69) is 0 Å². The van der Waals surface area contributed by atoms with Crippen LogP contribution >= 0.6 is 0 Å². The lowest BCUT2D eigenvalue weighted by molar-refractivity contribution is -0.105. The summed E-state index contributed by atoms with van der Waals surface area (Å²) in [6.07, 6.45) is 6.04. The molecule has 0 N–H and O–H groups in total. The molecule has 0 bridgehead atoms. The second-order valence-electron chi connectivity index (χ2n) is 2.60. The molecule has 0 saturated heterocycles. The Morgan fingerprint density at radius 2 is 2.50 bits per heavy atom. The number of furan rings is 1. The van der Waals surface area contributed by atoms with Gasteiger partial charge in [-0.3, -0.25) is 4.79 Å². The van der Waals surface area contributed by atoms with Crippen LogP contribution in [0.2, 0.25) is 0 Å². The van der Waals surface area contributed by atoms with Crippen LogP contribution in [-0.4, -0.2) is 6.29 Å². The van der Waals surface area contributed by atoms with Crippen molar-refractivity contribution in [3.8, 4) is 0 Å². The summed E-state index contributed by atoms with van der Waals surface area (Å²) >= 11 is 0. The molecule has 0 fully saturated rings. The number of hydrogen-bond acceptors (Lipinski definition) is 2. The molecule has 0 aliphatic carbocycles. The Hall–Kier alpha value is -1.31. The lowest BCUT2D eigenvalue weighted by atomic mass is 10.1. The first-order valence-corrected chi connectivity index (χ1v) is 4.06. The fourth-order valence-corrected chi connectivity index (χ4v) is 1.01. The molecule has 0 aliphatic rings. The Balaban J connectivity index is 2.71. The molecule has 2 nitrogen and oxygen atoms in total. The van der Waals surface area contributed by atoms with E-state index in [1.807, 2.05) is 13.0 Å². The SMILES string of the molecule is CCCC(C=O)=Cc1ccco1. The monoisotopic (exact) mass is 164 g/mol. The van der Waals surface area contributed by atoms with Gasteiger partial charge in [0.1, 0.15) is 12.0 Å². The molecule has 0 saturated carbocycles. The Morgan fingerprint density at radius 3 is 3.00 bits per heavy atom. The number of allylic oxidation sites excluding steroid dienone is 1. The largest absolute Gasteiger partial charge is 0.465 e. The molecule has 0 unspecified atom stereocenters. The summed E-state index contributed by atoms with van der Waals surface area (Å²) in [5.74, 6) is 0.741. The summed E-state index contributed by atoms with van der Waals surface area (Å²) < 4.78 is 5.08. The molecule has 1 aromatic heterocycles. The van der Waals surface area contributed by atoms with Crippen LogP contribution in [-0.2, 0) is 4.79 Å². The van der Waals surface area contributed by atoms with Crippen molar-refractivity contribution in [2.24, 2.45) is 0 Å². The summed E-state index contributed by atoms with van der Waals surface area (Å²) in [6.45, 7) is 2.04. The molecule has 0 spiro atoms. The van der Waals surface area contributed by atoms with Crippen molar-refractivity contribution in [3.05, 3.63) is 29.7 Å². The predicted molar refractivity (Wildman–Crippen MR) is 47.7 cm³/mol. The summed E-state index contributed by atoms with van der Waals surface area (Å²) in [5.41, 5.74) is 0.785. The highest BCUT2D eigenvalue weighted by atomic mass is 16.3. The Morgan fingerprint density at radius 1 is 1.67 bits per heavy atom. The highest BCUT2D eigenvalue weighted by Crippen LogP contribution is 2.09. The van der Waals surface area contributed by atoms with Crippen LogP contribution in [0.3, 0.4) is 0 Å². The maximum absolute atomic E-state index is 10.5. The van der Waals surface area contributed by atoms with Gasteiger partial charge in [0.25, 0.3) is 0 Å². The molecule has 0 aromatic carbocycles. The van der Waals surface area contributed by atoms with Gasteiger partial charge < -0.3 is 4.42 Å². The first-order chi connectivity index (χ1) is 5.86. The topological polar surface area (TPSA) is 30.2 Å². The van der Waals surface area contributed by atoms with E-state index in [1.54, 1.807) is 18.4 Å². The molecule has 1 rings (SSSR count). The first-order valence-electron chi connectivity index (χ1n) is 4.06. The summed E-state index contributed by atoms with van der Waals surface area (Å²) in [7, 11) is 0. The highest BCUT2D eigenvalue weighted by molar-refractivity contribution is 5.80. The molecule has 0 aliphatic heterocycles. The van der Waals surface area contributed by atoms with Gasteiger partial charge >= 0.3 is 0 Å². The zero-order chi connectivity index (χ0) is 8.81. The highest BCUT2D eigenvalue weighted by Gasteiger charge is 1.95. The van der Waals surface area contributed by atoms with Gasteiger partial charge in [-0.05, 0) is 30.2 Å². The van der Waals surface area contributed by atoms with Gasteiger partial charge in [-0.2, -0.15) is 0 Å². The number of rotatable bonds is 4. The average Bonchev–Trinajstić information content (AvgIpc) is 2.56. The molecular weight excluding hydrogens is 152 g/mol. The molecule has 12 heavy (non-hydrogen) atoms. The second kappa shape index (κ2) is 4.54. The van der Waals surface area contributed by atoms with Crippen molar-refractivity contribution >= 4 is 12.4 Å². The minimum atomic E-state index is 0.741. The van der Waals surface area contributed by atoms with E-state index in [4.69, 9.17) is 4.42 Å².